The van der Waals surface area contributed by atoms with Gasteiger partial charge >= 0.3 is 6.09 Å². The van der Waals surface area contributed by atoms with Crippen LogP contribution in [0.1, 0.15) is 5.69 Å². The molecular weight excluding hydrogens is 272 g/mol. The van der Waals surface area contributed by atoms with Gasteiger partial charge in [-0.05, 0) is 12.1 Å². The SMILES string of the molecule is COCc1cc(OC(=O)N(C)C)nc(-c2ccccn2)n1. The lowest BCUT2D eigenvalue weighted by molar-refractivity contribution is 0.168. The summed E-state index contributed by atoms with van der Waals surface area (Å²) < 4.78 is 10.2. The maximum atomic E-state index is 11.6. The molecule has 110 valence electrons. The smallest absolute Gasteiger partial charge is 0.391 e. The van der Waals surface area contributed by atoms with Gasteiger partial charge in [0.1, 0.15) is 5.69 Å². The van der Waals surface area contributed by atoms with Crippen molar-refractivity contribution in [1.82, 2.24) is 19.9 Å². The van der Waals surface area contributed by atoms with Crippen molar-refractivity contribution in [3.05, 3.63) is 36.2 Å². The molecule has 0 aromatic carbocycles. The number of pyridine rings is 1. The first-order chi connectivity index (χ1) is 10.1. The number of hydrogen-bond donors (Lipinski definition) is 0. The normalized spacial score (nSPS) is 10.2. The average molecular weight is 288 g/mol. The van der Waals surface area contributed by atoms with E-state index in [4.69, 9.17) is 9.47 Å². The Morgan fingerprint density at radius 1 is 1.29 bits per heavy atom. The van der Waals surface area contributed by atoms with Gasteiger partial charge in [-0.3, -0.25) is 4.98 Å². The van der Waals surface area contributed by atoms with Gasteiger partial charge in [-0.25, -0.2) is 9.78 Å². The second-order valence-corrected chi connectivity index (χ2v) is 4.43. The van der Waals surface area contributed by atoms with Crippen LogP contribution in [0.4, 0.5) is 4.79 Å². The number of amides is 1. The molecule has 0 aliphatic carbocycles. The Hall–Kier alpha value is -2.54. The zero-order valence-corrected chi connectivity index (χ0v) is 12.1. The highest BCUT2D eigenvalue weighted by Gasteiger charge is 2.13. The molecule has 0 bridgehead atoms. The fourth-order valence-electron chi connectivity index (χ4n) is 1.54. The summed E-state index contributed by atoms with van der Waals surface area (Å²) in [5.74, 6) is 0.545. The van der Waals surface area contributed by atoms with Crippen LogP contribution in [0.3, 0.4) is 0 Å². The van der Waals surface area contributed by atoms with Crippen LogP contribution < -0.4 is 4.74 Å². The van der Waals surface area contributed by atoms with Crippen LogP contribution >= 0.6 is 0 Å². The number of ether oxygens (including phenoxy) is 2. The Balaban J connectivity index is 2.37. The van der Waals surface area contributed by atoms with E-state index in [0.717, 1.165) is 0 Å². The maximum Gasteiger partial charge on any atom is 0.416 e. The van der Waals surface area contributed by atoms with Gasteiger partial charge in [0.15, 0.2) is 5.82 Å². The van der Waals surface area contributed by atoms with Gasteiger partial charge in [0.25, 0.3) is 0 Å². The minimum atomic E-state index is -0.510. The summed E-state index contributed by atoms with van der Waals surface area (Å²) in [6, 6.07) is 6.98. The number of methoxy groups -OCH3 is 1. The van der Waals surface area contributed by atoms with Crippen LogP contribution in [0.5, 0.6) is 5.88 Å². The number of hydrogen-bond acceptors (Lipinski definition) is 6. The standard InChI is InChI=1S/C14H16N4O3/c1-18(2)14(19)21-12-8-10(9-20-3)16-13(17-12)11-6-4-5-7-15-11/h4-8H,9H2,1-3H3. The Morgan fingerprint density at radius 2 is 2.10 bits per heavy atom. The molecule has 0 aliphatic rings. The lowest BCUT2D eigenvalue weighted by atomic mass is 10.3. The first-order valence-electron chi connectivity index (χ1n) is 6.27. The molecule has 0 atom stereocenters. The van der Waals surface area contributed by atoms with E-state index in [9.17, 15) is 4.79 Å². The highest BCUT2D eigenvalue weighted by Crippen LogP contribution is 2.18. The van der Waals surface area contributed by atoms with E-state index in [1.807, 2.05) is 6.07 Å². The van der Waals surface area contributed by atoms with Crippen LogP contribution in [0.2, 0.25) is 0 Å². The lowest BCUT2D eigenvalue weighted by Crippen LogP contribution is -2.25. The van der Waals surface area contributed by atoms with E-state index in [0.29, 0.717) is 17.2 Å². The number of carbonyl (C=O) groups excluding carboxylic acids is 1. The fourth-order valence-corrected chi connectivity index (χ4v) is 1.54. The Labute approximate surface area is 122 Å². The molecule has 2 heterocycles. The Morgan fingerprint density at radius 3 is 2.71 bits per heavy atom. The van der Waals surface area contributed by atoms with Crippen molar-refractivity contribution in [3.8, 4) is 17.4 Å². The largest absolute Gasteiger partial charge is 0.416 e. The molecule has 2 aromatic rings. The minimum absolute atomic E-state index is 0.163. The third-order valence-electron chi connectivity index (χ3n) is 2.50. The molecular formula is C14H16N4O3. The predicted molar refractivity (Wildman–Crippen MR) is 75.7 cm³/mol. The molecule has 0 fully saturated rings. The second-order valence-electron chi connectivity index (χ2n) is 4.43. The van der Waals surface area contributed by atoms with E-state index in [1.54, 1.807) is 45.6 Å². The van der Waals surface area contributed by atoms with Crippen LogP contribution in [0.25, 0.3) is 11.5 Å². The zero-order valence-electron chi connectivity index (χ0n) is 12.1. The van der Waals surface area contributed by atoms with Crippen LogP contribution in [0, 0.1) is 0 Å². The Bertz CT molecular complexity index is 617. The minimum Gasteiger partial charge on any atom is -0.391 e. The first kappa shape index (κ1) is 14.9. The average Bonchev–Trinajstić information content (AvgIpc) is 2.48. The summed E-state index contributed by atoms with van der Waals surface area (Å²) in [6.45, 7) is 0.287. The van der Waals surface area contributed by atoms with Crippen molar-refractivity contribution in [1.29, 1.82) is 0 Å². The van der Waals surface area contributed by atoms with Gasteiger partial charge in [0.05, 0.1) is 12.3 Å². The van der Waals surface area contributed by atoms with Gasteiger partial charge in [-0.2, -0.15) is 4.98 Å². The third-order valence-corrected chi connectivity index (χ3v) is 2.50. The quantitative estimate of drug-likeness (QED) is 0.853. The lowest BCUT2D eigenvalue weighted by Gasteiger charge is -2.11. The van der Waals surface area contributed by atoms with Gasteiger partial charge in [-0.1, -0.05) is 6.07 Å². The second kappa shape index (κ2) is 6.76. The summed E-state index contributed by atoms with van der Waals surface area (Å²) >= 11 is 0. The molecule has 0 saturated carbocycles. The van der Waals surface area contributed by atoms with Crippen molar-refractivity contribution in [2.24, 2.45) is 0 Å². The number of nitrogens with zero attached hydrogens (tertiary/aromatic N) is 4. The predicted octanol–water partition coefficient (Wildman–Crippen LogP) is 1.75. The fraction of sp³-hybridized carbons (Fsp3) is 0.286. The summed E-state index contributed by atoms with van der Waals surface area (Å²) in [6.07, 6.45) is 1.14. The molecule has 0 radical (unpaired) electrons. The van der Waals surface area contributed by atoms with E-state index in [1.165, 1.54) is 4.90 Å². The van der Waals surface area contributed by atoms with Crippen molar-refractivity contribution in [2.45, 2.75) is 6.61 Å². The first-order valence-corrected chi connectivity index (χ1v) is 6.27. The topological polar surface area (TPSA) is 77.4 Å². The monoisotopic (exact) mass is 288 g/mol. The molecule has 2 aromatic heterocycles. The van der Waals surface area contributed by atoms with Gasteiger partial charge in [-0.15, -0.1) is 0 Å². The number of carbonyl (C=O) groups is 1. The van der Waals surface area contributed by atoms with E-state index < -0.39 is 6.09 Å². The van der Waals surface area contributed by atoms with Crippen LogP contribution in [-0.4, -0.2) is 47.2 Å². The third kappa shape index (κ3) is 3.96. The van der Waals surface area contributed by atoms with Crippen molar-refractivity contribution >= 4 is 6.09 Å². The molecule has 0 N–H and O–H groups in total. The molecule has 0 spiro atoms. The maximum absolute atomic E-state index is 11.6. The molecule has 21 heavy (non-hydrogen) atoms. The van der Waals surface area contributed by atoms with Gasteiger partial charge < -0.3 is 14.4 Å². The summed E-state index contributed by atoms with van der Waals surface area (Å²) in [4.78, 5) is 25.7. The van der Waals surface area contributed by atoms with Crippen molar-refractivity contribution < 1.29 is 14.3 Å². The van der Waals surface area contributed by atoms with Crippen LogP contribution in [0.15, 0.2) is 30.5 Å². The summed E-state index contributed by atoms with van der Waals surface area (Å²) in [5.41, 5.74) is 1.20. The van der Waals surface area contributed by atoms with Crippen LogP contribution in [-0.2, 0) is 11.3 Å². The zero-order chi connectivity index (χ0) is 15.2. The highest BCUT2D eigenvalue weighted by atomic mass is 16.6. The van der Waals surface area contributed by atoms with Gasteiger partial charge in [0, 0.05) is 33.5 Å². The van der Waals surface area contributed by atoms with Crippen molar-refractivity contribution in [3.63, 3.8) is 0 Å². The number of rotatable bonds is 4. The van der Waals surface area contributed by atoms with Gasteiger partial charge in [0.2, 0.25) is 5.88 Å². The molecule has 0 unspecified atom stereocenters. The van der Waals surface area contributed by atoms with Crippen molar-refractivity contribution in [2.75, 3.05) is 21.2 Å². The van der Waals surface area contributed by atoms with E-state index in [2.05, 4.69) is 15.0 Å². The number of aromatic nitrogens is 3. The summed E-state index contributed by atoms with van der Waals surface area (Å²) in [5, 5.41) is 0. The molecule has 1 amide bonds. The van der Waals surface area contributed by atoms with E-state index >= 15 is 0 Å². The highest BCUT2D eigenvalue weighted by molar-refractivity contribution is 5.69. The molecule has 7 nitrogen and oxygen atoms in total. The molecule has 2 rings (SSSR count). The Kier molecular flexibility index (Phi) is 4.78. The van der Waals surface area contributed by atoms with E-state index in [-0.39, 0.29) is 12.5 Å². The molecule has 0 aliphatic heterocycles. The molecule has 0 saturated heterocycles. The summed E-state index contributed by atoms with van der Waals surface area (Å²) in [7, 11) is 4.76. The molecule has 7 heteroatoms.